The summed E-state index contributed by atoms with van der Waals surface area (Å²) >= 11 is 0. The maximum absolute atomic E-state index is 12.6. The predicted octanol–water partition coefficient (Wildman–Crippen LogP) is 1.68. The zero-order valence-electron chi connectivity index (χ0n) is 11.8. The minimum Gasteiger partial charge on any atom is -0.291 e. The first kappa shape index (κ1) is 12.7. The van der Waals surface area contributed by atoms with Gasteiger partial charge >= 0.3 is 5.69 Å². The van der Waals surface area contributed by atoms with Gasteiger partial charge in [0, 0.05) is 11.9 Å². The Morgan fingerprint density at radius 1 is 0.955 bits per heavy atom. The van der Waals surface area contributed by atoms with Gasteiger partial charge in [-0.3, -0.25) is 4.57 Å². The smallest absolute Gasteiger partial charge is 0.291 e. The van der Waals surface area contributed by atoms with Crippen LogP contribution in [0.25, 0.3) is 16.6 Å². The van der Waals surface area contributed by atoms with Gasteiger partial charge in [-0.25, -0.2) is 4.79 Å². The Bertz CT molecular complexity index is 1000. The number of rotatable bonds is 3. The monoisotopic (exact) mass is 291 g/mol. The van der Waals surface area contributed by atoms with Crippen LogP contribution in [0.5, 0.6) is 0 Å². The van der Waals surface area contributed by atoms with E-state index in [1.54, 1.807) is 4.57 Å². The van der Waals surface area contributed by atoms with Gasteiger partial charge in [-0.05, 0) is 34.5 Å². The lowest BCUT2D eigenvalue weighted by atomic mass is 10.1. The maximum atomic E-state index is 12.6. The van der Waals surface area contributed by atoms with E-state index in [-0.39, 0.29) is 5.69 Å². The molecule has 0 unspecified atom stereocenters. The zero-order chi connectivity index (χ0) is 14.9. The molecule has 0 amide bonds. The molecule has 0 spiro atoms. The molecule has 108 valence electrons. The number of tetrazole rings is 1. The highest BCUT2D eigenvalue weighted by molar-refractivity contribution is 5.90. The van der Waals surface area contributed by atoms with E-state index in [1.807, 2.05) is 42.5 Å². The van der Waals surface area contributed by atoms with Gasteiger partial charge in [0.2, 0.25) is 0 Å². The second kappa shape index (κ2) is 5.07. The Kier molecular flexibility index (Phi) is 2.93. The van der Waals surface area contributed by atoms with Crippen LogP contribution in [-0.4, -0.2) is 24.6 Å². The van der Waals surface area contributed by atoms with Crippen molar-refractivity contribution in [2.45, 2.75) is 13.0 Å². The minimum absolute atomic E-state index is 0.213. The Labute approximate surface area is 125 Å². The van der Waals surface area contributed by atoms with Crippen molar-refractivity contribution in [3.8, 4) is 0 Å². The third kappa shape index (κ3) is 1.96. The molecule has 22 heavy (non-hydrogen) atoms. The molecule has 6 nitrogen and oxygen atoms in total. The first-order valence-electron chi connectivity index (χ1n) is 7.08. The van der Waals surface area contributed by atoms with E-state index < -0.39 is 0 Å². The quantitative estimate of drug-likeness (QED) is 0.576. The van der Waals surface area contributed by atoms with E-state index in [2.05, 4.69) is 27.7 Å². The number of aromatic nitrogens is 5. The number of hydrogen-bond acceptors (Lipinski definition) is 4. The van der Waals surface area contributed by atoms with Crippen LogP contribution in [0, 0.1) is 0 Å². The highest BCUT2D eigenvalue weighted by Crippen LogP contribution is 2.16. The number of benzene rings is 2. The zero-order valence-corrected chi connectivity index (χ0v) is 11.8. The molecule has 4 rings (SSSR count). The third-order valence-electron chi connectivity index (χ3n) is 3.78. The average molecular weight is 291 g/mol. The van der Waals surface area contributed by atoms with Crippen LogP contribution >= 0.6 is 0 Å². The summed E-state index contributed by atoms with van der Waals surface area (Å²) in [5, 5.41) is 12.3. The van der Waals surface area contributed by atoms with Gasteiger partial charge in [0.25, 0.3) is 0 Å². The Morgan fingerprint density at radius 2 is 1.73 bits per heavy atom. The molecule has 2 aromatic carbocycles. The van der Waals surface area contributed by atoms with Crippen molar-refractivity contribution in [1.29, 1.82) is 0 Å². The summed E-state index contributed by atoms with van der Waals surface area (Å²) in [7, 11) is 0. The standard InChI is InChI=1S/C16H13N5O/c22-16-20(11-10-12-6-2-1-3-7-12)14-9-5-4-8-13(14)15-17-18-19-21(15)16/h1-9H,10-11H2. The molecule has 0 radical (unpaired) electrons. The summed E-state index contributed by atoms with van der Waals surface area (Å²) in [5.74, 6) is 0. The second-order valence-electron chi connectivity index (χ2n) is 5.10. The molecule has 0 aliphatic heterocycles. The molecule has 0 bridgehead atoms. The van der Waals surface area contributed by atoms with Gasteiger partial charge < -0.3 is 0 Å². The normalized spacial score (nSPS) is 11.3. The van der Waals surface area contributed by atoms with Crippen molar-refractivity contribution in [3.05, 3.63) is 70.6 Å². The summed E-state index contributed by atoms with van der Waals surface area (Å²) < 4.78 is 2.99. The molecule has 0 saturated heterocycles. The van der Waals surface area contributed by atoms with Gasteiger partial charge in [0.05, 0.1) is 5.52 Å². The van der Waals surface area contributed by atoms with Gasteiger partial charge in [0.15, 0.2) is 5.65 Å². The number of nitrogens with zero attached hydrogens (tertiary/aromatic N) is 5. The largest absolute Gasteiger partial charge is 0.352 e. The fraction of sp³-hybridized carbons (Fsp3) is 0.125. The van der Waals surface area contributed by atoms with Crippen LogP contribution < -0.4 is 5.69 Å². The molecule has 2 heterocycles. The Balaban J connectivity index is 1.88. The van der Waals surface area contributed by atoms with E-state index in [0.717, 1.165) is 17.3 Å². The lowest BCUT2D eigenvalue weighted by Gasteiger charge is -2.10. The fourth-order valence-electron chi connectivity index (χ4n) is 2.70. The molecule has 0 aliphatic carbocycles. The molecule has 0 fully saturated rings. The lowest BCUT2D eigenvalue weighted by molar-refractivity contribution is 0.641. The average Bonchev–Trinajstić information content (AvgIpc) is 3.06. The number of para-hydroxylation sites is 1. The molecule has 0 saturated carbocycles. The molecule has 6 heteroatoms. The van der Waals surface area contributed by atoms with Crippen molar-refractivity contribution in [3.63, 3.8) is 0 Å². The van der Waals surface area contributed by atoms with Crippen molar-refractivity contribution in [1.82, 2.24) is 24.6 Å². The minimum atomic E-state index is -0.213. The number of fused-ring (bicyclic) bond motifs is 3. The maximum Gasteiger partial charge on any atom is 0.352 e. The van der Waals surface area contributed by atoms with Gasteiger partial charge in [-0.2, -0.15) is 0 Å². The first-order valence-corrected chi connectivity index (χ1v) is 7.08. The van der Waals surface area contributed by atoms with Crippen LogP contribution in [0.2, 0.25) is 0 Å². The van der Waals surface area contributed by atoms with Crippen LogP contribution in [0.4, 0.5) is 0 Å². The van der Waals surface area contributed by atoms with Crippen molar-refractivity contribution in [2.24, 2.45) is 0 Å². The molecular weight excluding hydrogens is 278 g/mol. The molecule has 0 N–H and O–H groups in total. The Morgan fingerprint density at radius 3 is 2.59 bits per heavy atom. The third-order valence-corrected chi connectivity index (χ3v) is 3.78. The molecule has 2 aromatic heterocycles. The van der Waals surface area contributed by atoms with E-state index >= 15 is 0 Å². The van der Waals surface area contributed by atoms with Gasteiger partial charge in [-0.1, -0.05) is 42.5 Å². The van der Waals surface area contributed by atoms with Gasteiger partial charge in [0.1, 0.15) is 0 Å². The first-order chi connectivity index (χ1) is 10.8. The SMILES string of the molecule is O=c1n(CCc2ccccc2)c2ccccc2c2nnnn12. The number of aryl methyl sites for hydroxylation is 2. The summed E-state index contributed by atoms with van der Waals surface area (Å²) in [4.78, 5) is 12.6. The van der Waals surface area contributed by atoms with Crippen molar-refractivity contribution >= 4 is 16.6 Å². The predicted molar refractivity (Wildman–Crippen MR) is 82.7 cm³/mol. The summed E-state index contributed by atoms with van der Waals surface area (Å²) in [5.41, 5.74) is 2.33. The van der Waals surface area contributed by atoms with E-state index in [4.69, 9.17) is 0 Å². The van der Waals surface area contributed by atoms with Crippen molar-refractivity contribution < 1.29 is 0 Å². The Hall–Kier alpha value is -3.02. The molecule has 4 aromatic rings. The summed E-state index contributed by atoms with van der Waals surface area (Å²) in [6.45, 7) is 0.582. The van der Waals surface area contributed by atoms with Crippen LogP contribution in [0.3, 0.4) is 0 Å². The molecular formula is C16H13N5O. The highest BCUT2D eigenvalue weighted by atomic mass is 16.2. The second-order valence-corrected chi connectivity index (χ2v) is 5.10. The van der Waals surface area contributed by atoms with E-state index in [1.165, 1.54) is 10.1 Å². The van der Waals surface area contributed by atoms with Crippen molar-refractivity contribution in [2.75, 3.05) is 0 Å². The van der Waals surface area contributed by atoms with Crippen LogP contribution in [0.1, 0.15) is 5.56 Å². The molecule has 0 aliphatic rings. The van der Waals surface area contributed by atoms with Crippen LogP contribution in [-0.2, 0) is 13.0 Å². The van der Waals surface area contributed by atoms with Crippen LogP contribution in [0.15, 0.2) is 59.4 Å². The van der Waals surface area contributed by atoms with Gasteiger partial charge in [-0.15, -0.1) is 9.61 Å². The fourth-order valence-corrected chi connectivity index (χ4v) is 2.70. The summed E-state index contributed by atoms with van der Waals surface area (Å²) in [6, 6.07) is 17.8. The molecule has 0 atom stereocenters. The highest BCUT2D eigenvalue weighted by Gasteiger charge is 2.12. The summed E-state index contributed by atoms with van der Waals surface area (Å²) in [6.07, 6.45) is 0.776. The number of hydrogen-bond donors (Lipinski definition) is 0. The topological polar surface area (TPSA) is 65.1 Å². The lowest BCUT2D eigenvalue weighted by Crippen LogP contribution is -2.28. The van der Waals surface area contributed by atoms with E-state index in [9.17, 15) is 4.79 Å². The van der Waals surface area contributed by atoms with E-state index in [0.29, 0.717) is 12.2 Å².